The van der Waals surface area contributed by atoms with Crippen LogP contribution in [0.1, 0.15) is 24.4 Å². The fourth-order valence-electron chi connectivity index (χ4n) is 1.28. The van der Waals surface area contributed by atoms with Crippen LogP contribution in [-0.2, 0) is 0 Å². The predicted molar refractivity (Wildman–Crippen MR) is 61.7 cm³/mol. The minimum Gasteiger partial charge on any atom is -0.508 e. The first-order chi connectivity index (χ1) is 6.65. The van der Waals surface area contributed by atoms with Crippen LogP contribution in [0.25, 0.3) is 0 Å². The Morgan fingerprint density at radius 1 is 1.53 bits per heavy atom. The fourth-order valence-corrected chi connectivity index (χ4v) is 1.28. The average Bonchev–Trinajstić information content (AvgIpc) is 2.18. The van der Waals surface area contributed by atoms with Gasteiger partial charge in [0.25, 0.3) is 0 Å². The van der Waals surface area contributed by atoms with Crippen molar-refractivity contribution in [3.05, 3.63) is 42.2 Å². The molecule has 0 fully saturated rings. The first kappa shape index (κ1) is 13.9. The van der Waals surface area contributed by atoms with Crippen LogP contribution in [0.15, 0.2) is 30.9 Å². The molecular weight excluding hydrogens is 217 g/mol. The summed E-state index contributed by atoms with van der Waals surface area (Å²) in [5.41, 5.74) is 6.23. The lowest BCUT2D eigenvalue weighted by Gasteiger charge is -2.12. The van der Waals surface area contributed by atoms with Crippen LogP contribution in [0, 0.1) is 5.82 Å². The van der Waals surface area contributed by atoms with Gasteiger partial charge in [-0.25, -0.2) is 4.39 Å². The van der Waals surface area contributed by atoms with Gasteiger partial charge in [-0.2, -0.15) is 0 Å². The van der Waals surface area contributed by atoms with E-state index < -0.39 is 0 Å². The third-order valence-electron chi connectivity index (χ3n) is 2.07. The van der Waals surface area contributed by atoms with Crippen LogP contribution >= 0.6 is 12.4 Å². The molecule has 0 spiro atoms. The highest BCUT2D eigenvalue weighted by atomic mass is 35.5. The maximum absolute atomic E-state index is 12.8. The van der Waals surface area contributed by atoms with E-state index in [4.69, 9.17) is 5.73 Å². The molecule has 0 aliphatic rings. The summed E-state index contributed by atoms with van der Waals surface area (Å²) in [6, 6.07) is 3.45. The number of phenols is 1. The smallest absolute Gasteiger partial charge is 0.123 e. The Bertz CT molecular complexity index is 330. The van der Waals surface area contributed by atoms with Crippen molar-refractivity contribution in [1.29, 1.82) is 0 Å². The molecule has 0 aliphatic carbocycles. The lowest BCUT2D eigenvalue weighted by Crippen LogP contribution is -2.10. The molecule has 0 saturated carbocycles. The summed E-state index contributed by atoms with van der Waals surface area (Å²) in [5, 5.41) is 9.43. The molecule has 0 unspecified atom stereocenters. The Hall–Kier alpha value is -1.06. The highest BCUT2D eigenvalue weighted by Crippen LogP contribution is 2.26. The minimum absolute atomic E-state index is 0. The first-order valence-electron chi connectivity index (χ1n) is 4.50. The molecule has 1 atom stereocenters. The molecule has 15 heavy (non-hydrogen) atoms. The second-order valence-corrected chi connectivity index (χ2v) is 3.18. The monoisotopic (exact) mass is 231 g/mol. The highest BCUT2D eigenvalue weighted by Gasteiger charge is 2.10. The second kappa shape index (κ2) is 6.43. The van der Waals surface area contributed by atoms with Crippen molar-refractivity contribution in [2.45, 2.75) is 18.9 Å². The molecule has 1 aromatic carbocycles. The molecule has 1 aromatic rings. The number of phenolic OH excluding ortho intramolecular Hbond substituents is 1. The van der Waals surface area contributed by atoms with E-state index in [9.17, 15) is 9.50 Å². The van der Waals surface area contributed by atoms with Gasteiger partial charge in [0.05, 0.1) is 0 Å². The van der Waals surface area contributed by atoms with Crippen molar-refractivity contribution in [1.82, 2.24) is 0 Å². The van der Waals surface area contributed by atoms with Crippen molar-refractivity contribution in [2.24, 2.45) is 5.73 Å². The number of benzene rings is 1. The molecule has 0 amide bonds. The summed E-state index contributed by atoms with van der Waals surface area (Å²) >= 11 is 0. The Morgan fingerprint density at radius 2 is 2.20 bits per heavy atom. The number of rotatable bonds is 4. The lowest BCUT2D eigenvalue weighted by atomic mass is 10.0. The molecule has 0 bridgehead atoms. The van der Waals surface area contributed by atoms with Crippen molar-refractivity contribution in [2.75, 3.05) is 0 Å². The zero-order chi connectivity index (χ0) is 10.6. The van der Waals surface area contributed by atoms with Gasteiger partial charge in [-0.15, -0.1) is 19.0 Å². The van der Waals surface area contributed by atoms with Gasteiger partial charge in [0.2, 0.25) is 0 Å². The van der Waals surface area contributed by atoms with E-state index in [1.165, 1.54) is 18.2 Å². The summed E-state index contributed by atoms with van der Waals surface area (Å²) in [5.74, 6) is -0.338. The quantitative estimate of drug-likeness (QED) is 0.783. The first-order valence-corrected chi connectivity index (χ1v) is 4.50. The summed E-state index contributed by atoms with van der Waals surface area (Å²) in [7, 11) is 0. The topological polar surface area (TPSA) is 46.2 Å². The molecule has 2 nitrogen and oxygen atoms in total. The lowest BCUT2D eigenvalue weighted by molar-refractivity contribution is 0.455. The van der Waals surface area contributed by atoms with Crippen LogP contribution in [0.5, 0.6) is 5.75 Å². The maximum atomic E-state index is 12.8. The van der Waals surface area contributed by atoms with Crippen LogP contribution < -0.4 is 5.73 Å². The van der Waals surface area contributed by atoms with Crippen LogP contribution in [0.2, 0.25) is 0 Å². The molecule has 1 rings (SSSR count). The summed E-state index contributed by atoms with van der Waals surface area (Å²) < 4.78 is 12.8. The highest BCUT2D eigenvalue weighted by molar-refractivity contribution is 5.85. The van der Waals surface area contributed by atoms with E-state index in [1.807, 2.05) is 0 Å². The van der Waals surface area contributed by atoms with Gasteiger partial charge in [-0.3, -0.25) is 0 Å². The van der Waals surface area contributed by atoms with E-state index in [2.05, 4.69) is 6.58 Å². The van der Waals surface area contributed by atoms with Gasteiger partial charge < -0.3 is 10.8 Å². The number of halogens is 2. The van der Waals surface area contributed by atoms with Crippen molar-refractivity contribution >= 4 is 12.4 Å². The second-order valence-electron chi connectivity index (χ2n) is 3.18. The molecule has 0 aliphatic heterocycles. The van der Waals surface area contributed by atoms with Crippen molar-refractivity contribution in [3.63, 3.8) is 0 Å². The fraction of sp³-hybridized carbons (Fsp3) is 0.273. The van der Waals surface area contributed by atoms with E-state index in [0.29, 0.717) is 12.0 Å². The standard InChI is InChI=1S/C11H14FNO.ClH/c1-2-3-4-10(13)9-7-8(12)5-6-11(9)14;/h2,5-7,10,14H,1,3-4,13H2;1H/t10-;/m1./s1. The van der Waals surface area contributed by atoms with Gasteiger partial charge in [-0.05, 0) is 31.0 Å². The van der Waals surface area contributed by atoms with E-state index in [1.54, 1.807) is 6.08 Å². The summed E-state index contributed by atoms with van der Waals surface area (Å²) in [6.07, 6.45) is 3.15. The van der Waals surface area contributed by atoms with Gasteiger partial charge in [0.15, 0.2) is 0 Å². The number of allylic oxidation sites excluding steroid dienone is 1. The van der Waals surface area contributed by atoms with Gasteiger partial charge in [0, 0.05) is 11.6 Å². The molecule has 0 heterocycles. The molecule has 3 N–H and O–H groups in total. The van der Waals surface area contributed by atoms with Crippen molar-refractivity contribution in [3.8, 4) is 5.75 Å². The van der Waals surface area contributed by atoms with E-state index >= 15 is 0 Å². The maximum Gasteiger partial charge on any atom is 0.123 e. The van der Waals surface area contributed by atoms with E-state index in [-0.39, 0.29) is 30.0 Å². The Balaban J connectivity index is 0.00000196. The third kappa shape index (κ3) is 3.90. The van der Waals surface area contributed by atoms with Crippen LogP contribution in [-0.4, -0.2) is 5.11 Å². The zero-order valence-electron chi connectivity index (χ0n) is 8.32. The Kier molecular flexibility index (Phi) is 5.97. The molecule has 0 aromatic heterocycles. The Morgan fingerprint density at radius 3 is 2.80 bits per heavy atom. The Labute approximate surface area is 95.0 Å². The number of hydrogen-bond donors (Lipinski definition) is 2. The minimum atomic E-state index is -0.383. The normalized spacial score (nSPS) is 11.6. The average molecular weight is 232 g/mol. The summed E-state index contributed by atoms with van der Waals surface area (Å²) in [6.45, 7) is 3.57. The number of hydrogen-bond acceptors (Lipinski definition) is 2. The number of nitrogens with two attached hydrogens (primary N) is 1. The van der Waals surface area contributed by atoms with Crippen LogP contribution in [0.4, 0.5) is 4.39 Å². The molecule has 84 valence electrons. The molecule has 4 heteroatoms. The largest absolute Gasteiger partial charge is 0.508 e. The van der Waals surface area contributed by atoms with Gasteiger partial charge in [-0.1, -0.05) is 6.08 Å². The zero-order valence-corrected chi connectivity index (χ0v) is 9.14. The predicted octanol–water partition coefficient (Wildman–Crippen LogP) is 2.92. The van der Waals surface area contributed by atoms with E-state index in [0.717, 1.165) is 6.42 Å². The van der Waals surface area contributed by atoms with Crippen molar-refractivity contribution < 1.29 is 9.50 Å². The number of aromatic hydroxyl groups is 1. The third-order valence-corrected chi connectivity index (χ3v) is 2.07. The summed E-state index contributed by atoms with van der Waals surface area (Å²) in [4.78, 5) is 0. The molecule has 0 radical (unpaired) electrons. The molecule has 0 saturated heterocycles. The SMILES string of the molecule is C=CCC[C@@H](N)c1cc(F)ccc1O.Cl. The van der Waals surface area contributed by atoms with Crippen LogP contribution in [0.3, 0.4) is 0 Å². The van der Waals surface area contributed by atoms with Gasteiger partial charge in [0.1, 0.15) is 11.6 Å². The van der Waals surface area contributed by atoms with Gasteiger partial charge >= 0.3 is 0 Å². The molecular formula is C11H15ClFNO.